The van der Waals surface area contributed by atoms with Crippen molar-refractivity contribution in [1.29, 1.82) is 0 Å². The third-order valence-corrected chi connectivity index (χ3v) is 3.20. The van der Waals surface area contributed by atoms with Crippen molar-refractivity contribution in [2.75, 3.05) is 13.2 Å². The van der Waals surface area contributed by atoms with Crippen LogP contribution in [0.5, 0.6) is 0 Å². The second kappa shape index (κ2) is 4.26. The zero-order chi connectivity index (χ0) is 11.6. The van der Waals surface area contributed by atoms with E-state index >= 15 is 0 Å². The number of benzene rings is 1. The van der Waals surface area contributed by atoms with Gasteiger partial charge in [0, 0.05) is 11.8 Å². The van der Waals surface area contributed by atoms with Gasteiger partial charge in [0.1, 0.15) is 0 Å². The van der Waals surface area contributed by atoms with Crippen LogP contribution in [0.2, 0.25) is 0 Å². The van der Waals surface area contributed by atoms with Crippen molar-refractivity contribution in [1.82, 2.24) is 0 Å². The SMILES string of the molecule is Cc1cccc(C2(CCC(=O)O)COC2)c1. The van der Waals surface area contributed by atoms with Gasteiger partial charge >= 0.3 is 5.97 Å². The highest BCUT2D eigenvalue weighted by molar-refractivity contribution is 5.67. The maximum Gasteiger partial charge on any atom is 0.303 e. The largest absolute Gasteiger partial charge is 0.481 e. The Labute approximate surface area is 95.0 Å². The second-order valence-electron chi connectivity index (χ2n) is 4.54. The number of aryl methyl sites for hydroxylation is 1. The molecule has 0 aromatic heterocycles. The molecule has 0 amide bonds. The van der Waals surface area contributed by atoms with Gasteiger partial charge < -0.3 is 9.84 Å². The minimum atomic E-state index is -0.737. The highest BCUT2D eigenvalue weighted by atomic mass is 16.5. The lowest BCUT2D eigenvalue weighted by Gasteiger charge is -2.42. The molecule has 1 N–H and O–H groups in total. The number of hydrogen-bond acceptors (Lipinski definition) is 2. The van der Waals surface area contributed by atoms with Crippen LogP contribution in [0.25, 0.3) is 0 Å². The molecule has 0 unspecified atom stereocenters. The summed E-state index contributed by atoms with van der Waals surface area (Å²) >= 11 is 0. The maximum absolute atomic E-state index is 10.6. The Morgan fingerprint density at radius 1 is 1.50 bits per heavy atom. The first-order valence-corrected chi connectivity index (χ1v) is 5.49. The molecule has 0 radical (unpaired) electrons. The normalized spacial score (nSPS) is 17.8. The molecule has 1 aliphatic rings. The van der Waals surface area contributed by atoms with Crippen LogP contribution in [-0.2, 0) is 14.9 Å². The highest BCUT2D eigenvalue weighted by Gasteiger charge is 2.40. The van der Waals surface area contributed by atoms with Crippen LogP contribution in [0.4, 0.5) is 0 Å². The molecule has 86 valence electrons. The monoisotopic (exact) mass is 220 g/mol. The molecule has 0 aliphatic carbocycles. The van der Waals surface area contributed by atoms with Gasteiger partial charge in [0.25, 0.3) is 0 Å². The molecule has 3 heteroatoms. The Hall–Kier alpha value is -1.35. The molecule has 16 heavy (non-hydrogen) atoms. The molecule has 0 bridgehead atoms. The van der Waals surface area contributed by atoms with Crippen molar-refractivity contribution >= 4 is 5.97 Å². The predicted octanol–water partition coefficient (Wildman–Crippen LogP) is 2.13. The van der Waals surface area contributed by atoms with Crippen LogP contribution in [-0.4, -0.2) is 24.3 Å². The Balaban J connectivity index is 2.17. The van der Waals surface area contributed by atoms with E-state index < -0.39 is 5.97 Å². The summed E-state index contributed by atoms with van der Waals surface area (Å²) < 4.78 is 5.27. The molecule has 2 rings (SSSR count). The van der Waals surface area contributed by atoms with Crippen LogP contribution in [0.15, 0.2) is 24.3 Å². The summed E-state index contributed by atoms with van der Waals surface area (Å²) in [5.41, 5.74) is 2.35. The minimum Gasteiger partial charge on any atom is -0.481 e. The average Bonchev–Trinajstić information content (AvgIpc) is 2.15. The van der Waals surface area contributed by atoms with E-state index in [2.05, 4.69) is 12.1 Å². The highest BCUT2D eigenvalue weighted by Crippen LogP contribution is 2.37. The number of carbonyl (C=O) groups is 1. The Bertz CT molecular complexity index is 394. The maximum atomic E-state index is 10.6. The summed E-state index contributed by atoms with van der Waals surface area (Å²) in [6.45, 7) is 3.33. The van der Waals surface area contributed by atoms with Gasteiger partial charge in [-0.1, -0.05) is 29.8 Å². The molecule has 1 aromatic rings. The van der Waals surface area contributed by atoms with E-state index in [0.717, 1.165) is 0 Å². The molecule has 0 saturated carbocycles. The standard InChI is InChI=1S/C13H16O3/c1-10-3-2-4-11(7-10)13(8-16-9-13)6-5-12(14)15/h2-4,7H,5-6,8-9H2,1H3,(H,14,15). The zero-order valence-electron chi connectivity index (χ0n) is 9.40. The molecular weight excluding hydrogens is 204 g/mol. The van der Waals surface area contributed by atoms with Crippen molar-refractivity contribution in [3.63, 3.8) is 0 Å². The minimum absolute atomic E-state index is 0.0651. The molecule has 1 fully saturated rings. The van der Waals surface area contributed by atoms with Crippen LogP contribution >= 0.6 is 0 Å². The van der Waals surface area contributed by atoms with Gasteiger partial charge in [0.15, 0.2) is 0 Å². The number of aliphatic carboxylic acids is 1. The van der Waals surface area contributed by atoms with Crippen LogP contribution in [0.3, 0.4) is 0 Å². The topological polar surface area (TPSA) is 46.5 Å². The third kappa shape index (κ3) is 2.09. The Morgan fingerprint density at radius 3 is 2.75 bits per heavy atom. The van der Waals surface area contributed by atoms with E-state index in [-0.39, 0.29) is 11.8 Å². The first-order chi connectivity index (χ1) is 7.62. The van der Waals surface area contributed by atoms with E-state index in [4.69, 9.17) is 9.84 Å². The number of ether oxygens (including phenoxy) is 1. The van der Waals surface area contributed by atoms with Gasteiger partial charge in [-0.05, 0) is 18.9 Å². The van der Waals surface area contributed by atoms with E-state index in [0.29, 0.717) is 19.6 Å². The first-order valence-electron chi connectivity index (χ1n) is 5.49. The predicted molar refractivity (Wildman–Crippen MR) is 60.5 cm³/mol. The summed E-state index contributed by atoms with van der Waals surface area (Å²) in [7, 11) is 0. The lowest BCUT2D eigenvalue weighted by atomic mass is 9.74. The van der Waals surface area contributed by atoms with Gasteiger partial charge in [-0.15, -0.1) is 0 Å². The van der Waals surface area contributed by atoms with Gasteiger partial charge in [-0.3, -0.25) is 4.79 Å². The van der Waals surface area contributed by atoms with Gasteiger partial charge in [0.2, 0.25) is 0 Å². The van der Waals surface area contributed by atoms with E-state index in [1.54, 1.807) is 0 Å². The second-order valence-corrected chi connectivity index (χ2v) is 4.54. The molecule has 1 aromatic carbocycles. The fourth-order valence-electron chi connectivity index (χ4n) is 2.12. The number of carboxylic acids is 1. The van der Waals surface area contributed by atoms with Crippen molar-refractivity contribution in [3.05, 3.63) is 35.4 Å². The first kappa shape index (κ1) is 11.1. The summed E-state index contributed by atoms with van der Waals surface area (Å²) in [6, 6.07) is 8.27. The Kier molecular flexibility index (Phi) is 2.97. The smallest absolute Gasteiger partial charge is 0.303 e. The van der Waals surface area contributed by atoms with Crippen molar-refractivity contribution in [2.45, 2.75) is 25.2 Å². The van der Waals surface area contributed by atoms with Crippen molar-refractivity contribution < 1.29 is 14.6 Å². The van der Waals surface area contributed by atoms with Gasteiger partial charge in [-0.25, -0.2) is 0 Å². The fourth-order valence-corrected chi connectivity index (χ4v) is 2.12. The summed E-state index contributed by atoms with van der Waals surface area (Å²) in [4.78, 5) is 10.6. The van der Waals surface area contributed by atoms with Gasteiger partial charge in [0.05, 0.1) is 13.2 Å². The quantitative estimate of drug-likeness (QED) is 0.845. The van der Waals surface area contributed by atoms with E-state index in [9.17, 15) is 4.79 Å². The fraction of sp³-hybridized carbons (Fsp3) is 0.462. The molecule has 0 atom stereocenters. The van der Waals surface area contributed by atoms with Crippen LogP contribution in [0.1, 0.15) is 24.0 Å². The van der Waals surface area contributed by atoms with Crippen LogP contribution < -0.4 is 0 Å². The molecule has 1 saturated heterocycles. The van der Waals surface area contributed by atoms with Crippen molar-refractivity contribution in [2.24, 2.45) is 0 Å². The summed E-state index contributed by atoms with van der Waals surface area (Å²) in [6.07, 6.45) is 0.864. The Morgan fingerprint density at radius 2 is 2.25 bits per heavy atom. The van der Waals surface area contributed by atoms with E-state index in [1.807, 2.05) is 19.1 Å². The lowest BCUT2D eigenvalue weighted by molar-refractivity contribution is -0.139. The summed E-state index contributed by atoms with van der Waals surface area (Å²) in [5, 5.41) is 8.76. The van der Waals surface area contributed by atoms with Crippen LogP contribution in [0, 0.1) is 6.92 Å². The number of rotatable bonds is 4. The molecule has 3 nitrogen and oxygen atoms in total. The number of carboxylic acid groups (broad SMARTS) is 1. The summed E-state index contributed by atoms with van der Waals surface area (Å²) in [5.74, 6) is -0.737. The third-order valence-electron chi connectivity index (χ3n) is 3.20. The average molecular weight is 220 g/mol. The molecule has 1 aliphatic heterocycles. The molecule has 1 heterocycles. The lowest BCUT2D eigenvalue weighted by Crippen LogP contribution is -2.47. The van der Waals surface area contributed by atoms with Gasteiger partial charge in [-0.2, -0.15) is 0 Å². The van der Waals surface area contributed by atoms with Crippen molar-refractivity contribution in [3.8, 4) is 0 Å². The number of hydrogen-bond donors (Lipinski definition) is 1. The van der Waals surface area contributed by atoms with E-state index in [1.165, 1.54) is 11.1 Å². The zero-order valence-corrected chi connectivity index (χ0v) is 9.40. The molecule has 0 spiro atoms. The molecular formula is C13H16O3.